The number of carbonyl (C=O) groups is 1. The quantitative estimate of drug-likeness (QED) is 0.678. The second-order valence-corrected chi connectivity index (χ2v) is 4.16. The highest BCUT2D eigenvalue weighted by molar-refractivity contribution is 5.76. The van der Waals surface area contributed by atoms with Gasteiger partial charge < -0.3 is 10.2 Å². The van der Waals surface area contributed by atoms with Crippen LogP contribution in [0, 0.1) is 5.92 Å². The predicted octanol–water partition coefficient (Wildman–Crippen LogP) is 0.607. The second kappa shape index (κ2) is 3.66. The monoisotopic (exact) mass is 182 g/mol. The summed E-state index contributed by atoms with van der Waals surface area (Å²) in [7, 11) is 0. The Balaban J connectivity index is 1.87. The SMILES string of the molecule is CCCC(=O)N1C[C@H]2CCN[C@H]2C1. The fraction of sp³-hybridized carbons (Fsp3) is 0.900. The summed E-state index contributed by atoms with van der Waals surface area (Å²) in [4.78, 5) is 13.6. The van der Waals surface area contributed by atoms with Crippen molar-refractivity contribution < 1.29 is 4.79 Å². The fourth-order valence-corrected chi connectivity index (χ4v) is 2.42. The van der Waals surface area contributed by atoms with Crippen molar-refractivity contribution >= 4 is 5.91 Å². The molecule has 3 heteroatoms. The molecule has 0 bridgehead atoms. The number of likely N-dealkylation sites (tertiary alicyclic amines) is 1. The minimum Gasteiger partial charge on any atom is -0.341 e. The highest BCUT2D eigenvalue weighted by Gasteiger charge is 2.37. The fourth-order valence-electron chi connectivity index (χ4n) is 2.42. The highest BCUT2D eigenvalue weighted by Crippen LogP contribution is 2.24. The molecule has 0 aromatic rings. The third-order valence-corrected chi connectivity index (χ3v) is 3.18. The van der Waals surface area contributed by atoms with Gasteiger partial charge >= 0.3 is 0 Å². The summed E-state index contributed by atoms with van der Waals surface area (Å²) in [6.45, 7) is 5.15. The van der Waals surface area contributed by atoms with Crippen LogP contribution in [0.5, 0.6) is 0 Å². The van der Waals surface area contributed by atoms with E-state index in [0.29, 0.717) is 11.9 Å². The van der Waals surface area contributed by atoms with Crippen LogP contribution in [0.2, 0.25) is 0 Å². The number of nitrogens with one attached hydrogen (secondary N) is 1. The minimum atomic E-state index is 0.346. The highest BCUT2D eigenvalue weighted by atomic mass is 16.2. The van der Waals surface area contributed by atoms with E-state index in [1.54, 1.807) is 0 Å². The number of nitrogens with zero attached hydrogens (tertiary/aromatic N) is 1. The second-order valence-electron chi connectivity index (χ2n) is 4.16. The summed E-state index contributed by atoms with van der Waals surface area (Å²) in [5.41, 5.74) is 0. The first-order chi connectivity index (χ1) is 6.31. The van der Waals surface area contributed by atoms with Gasteiger partial charge in [-0.3, -0.25) is 4.79 Å². The van der Waals surface area contributed by atoms with Gasteiger partial charge in [0.25, 0.3) is 0 Å². The molecule has 0 radical (unpaired) electrons. The summed E-state index contributed by atoms with van der Waals surface area (Å²) in [6.07, 6.45) is 2.94. The van der Waals surface area contributed by atoms with Crippen molar-refractivity contribution in [1.29, 1.82) is 0 Å². The molecule has 0 spiro atoms. The third-order valence-electron chi connectivity index (χ3n) is 3.18. The van der Waals surface area contributed by atoms with Crippen LogP contribution in [-0.4, -0.2) is 36.5 Å². The Morgan fingerprint density at radius 3 is 3.08 bits per heavy atom. The maximum atomic E-state index is 11.6. The average Bonchev–Trinajstić information content (AvgIpc) is 2.61. The van der Waals surface area contributed by atoms with Gasteiger partial charge in [0.05, 0.1) is 0 Å². The lowest BCUT2D eigenvalue weighted by Gasteiger charge is -2.16. The summed E-state index contributed by atoms with van der Waals surface area (Å²) >= 11 is 0. The summed E-state index contributed by atoms with van der Waals surface area (Å²) in [5.74, 6) is 1.08. The largest absolute Gasteiger partial charge is 0.341 e. The molecule has 0 aromatic carbocycles. The lowest BCUT2D eigenvalue weighted by Crippen LogP contribution is -2.33. The van der Waals surface area contributed by atoms with E-state index in [1.807, 2.05) is 4.90 Å². The molecule has 74 valence electrons. The number of amides is 1. The van der Waals surface area contributed by atoms with Gasteiger partial charge in [-0.15, -0.1) is 0 Å². The van der Waals surface area contributed by atoms with Gasteiger partial charge in [0.1, 0.15) is 0 Å². The lowest BCUT2D eigenvalue weighted by atomic mass is 10.1. The molecule has 2 aliphatic heterocycles. The molecule has 13 heavy (non-hydrogen) atoms. The van der Waals surface area contributed by atoms with Crippen molar-refractivity contribution in [3.63, 3.8) is 0 Å². The number of hydrogen-bond acceptors (Lipinski definition) is 2. The minimum absolute atomic E-state index is 0.346. The van der Waals surface area contributed by atoms with E-state index in [0.717, 1.165) is 38.4 Å². The van der Waals surface area contributed by atoms with Crippen molar-refractivity contribution in [2.75, 3.05) is 19.6 Å². The molecular formula is C10H18N2O. The molecule has 3 nitrogen and oxygen atoms in total. The molecule has 1 amide bonds. The molecule has 2 saturated heterocycles. The van der Waals surface area contributed by atoms with Crippen LogP contribution < -0.4 is 5.32 Å². The van der Waals surface area contributed by atoms with Crippen LogP contribution in [0.25, 0.3) is 0 Å². The number of hydrogen-bond donors (Lipinski definition) is 1. The molecule has 0 unspecified atom stereocenters. The van der Waals surface area contributed by atoms with Crippen LogP contribution in [0.3, 0.4) is 0 Å². The molecule has 2 rings (SSSR count). The predicted molar refractivity (Wildman–Crippen MR) is 51.4 cm³/mol. The lowest BCUT2D eigenvalue weighted by molar-refractivity contribution is -0.130. The smallest absolute Gasteiger partial charge is 0.222 e. The van der Waals surface area contributed by atoms with E-state index in [4.69, 9.17) is 0 Å². The Kier molecular flexibility index (Phi) is 2.54. The average molecular weight is 182 g/mol. The summed E-state index contributed by atoms with van der Waals surface area (Å²) < 4.78 is 0. The normalized spacial score (nSPS) is 32.2. The molecule has 2 fully saturated rings. The number of fused-ring (bicyclic) bond motifs is 1. The summed E-state index contributed by atoms with van der Waals surface area (Å²) in [6, 6.07) is 0.598. The molecular weight excluding hydrogens is 164 g/mol. The van der Waals surface area contributed by atoms with Crippen molar-refractivity contribution in [3.8, 4) is 0 Å². The van der Waals surface area contributed by atoms with Crippen molar-refractivity contribution in [2.24, 2.45) is 5.92 Å². The Morgan fingerprint density at radius 2 is 2.38 bits per heavy atom. The Bertz CT molecular complexity index is 193. The number of rotatable bonds is 2. The summed E-state index contributed by atoms with van der Waals surface area (Å²) in [5, 5.41) is 3.45. The van der Waals surface area contributed by atoms with Gasteiger partial charge in [-0.2, -0.15) is 0 Å². The van der Waals surface area contributed by atoms with E-state index in [-0.39, 0.29) is 0 Å². The maximum absolute atomic E-state index is 11.6. The van der Waals surface area contributed by atoms with E-state index in [1.165, 1.54) is 6.42 Å². The Hall–Kier alpha value is -0.570. The van der Waals surface area contributed by atoms with Gasteiger partial charge in [0, 0.05) is 25.6 Å². The molecule has 0 aromatic heterocycles. The van der Waals surface area contributed by atoms with Crippen molar-refractivity contribution in [2.45, 2.75) is 32.2 Å². The Labute approximate surface area is 79.5 Å². The Morgan fingerprint density at radius 1 is 1.54 bits per heavy atom. The topological polar surface area (TPSA) is 32.3 Å². The molecule has 1 N–H and O–H groups in total. The number of carbonyl (C=O) groups excluding carboxylic acids is 1. The van der Waals surface area contributed by atoms with E-state index in [9.17, 15) is 4.79 Å². The first-order valence-corrected chi connectivity index (χ1v) is 5.32. The van der Waals surface area contributed by atoms with Crippen LogP contribution in [0.15, 0.2) is 0 Å². The molecule has 2 heterocycles. The van der Waals surface area contributed by atoms with E-state index in [2.05, 4.69) is 12.2 Å². The zero-order valence-electron chi connectivity index (χ0n) is 8.25. The van der Waals surface area contributed by atoms with Crippen LogP contribution >= 0.6 is 0 Å². The van der Waals surface area contributed by atoms with Crippen molar-refractivity contribution in [1.82, 2.24) is 10.2 Å². The van der Waals surface area contributed by atoms with E-state index >= 15 is 0 Å². The molecule has 0 aliphatic carbocycles. The molecule has 2 atom stereocenters. The maximum Gasteiger partial charge on any atom is 0.222 e. The van der Waals surface area contributed by atoms with Gasteiger partial charge in [0.2, 0.25) is 5.91 Å². The first-order valence-electron chi connectivity index (χ1n) is 5.32. The van der Waals surface area contributed by atoms with Crippen LogP contribution in [0.1, 0.15) is 26.2 Å². The van der Waals surface area contributed by atoms with E-state index < -0.39 is 0 Å². The third kappa shape index (κ3) is 1.70. The van der Waals surface area contributed by atoms with Crippen molar-refractivity contribution in [3.05, 3.63) is 0 Å². The van der Waals surface area contributed by atoms with Gasteiger partial charge in [-0.1, -0.05) is 6.92 Å². The zero-order chi connectivity index (χ0) is 9.26. The molecule has 2 aliphatic rings. The van der Waals surface area contributed by atoms with Gasteiger partial charge in [0.15, 0.2) is 0 Å². The first kappa shape index (κ1) is 9.00. The van der Waals surface area contributed by atoms with Gasteiger partial charge in [-0.05, 0) is 25.3 Å². The standard InChI is InChI=1S/C10H18N2O/c1-2-3-10(13)12-6-8-4-5-11-9(8)7-12/h8-9,11H,2-7H2,1H3/t8-,9+/m1/s1. The molecule has 0 saturated carbocycles. The van der Waals surface area contributed by atoms with Crippen LogP contribution in [-0.2, 0) is 4.79 Å². The van der Waals surface area contributed by atoms with Gasteiger partial charge in [-0.25, -0.2) is 0 Å². The van der Waals surface area contributed by atoms with Crippen LogP contribution in [0.4, 0.5) is 0 Å². The zero-order valence-corrected chi connectivity index (χ0v) is 8.25.